The standard InChI is InChI=1S/C13H13I3N2O3/c14-7-4-8(15)12(9(16)5-7)17-11(19)6-18-3-1-2-10(18)13(20)21/h4-5,10H,1-3,6H2,(H,17,19)(H,20,21). The Balaban J connectivity index is 2.04. The largest absolute Gasteiger partial charge is 0.480 e. The summed E-state index contributed by atoms with van der Waals surface area (Å²) in [7, 11) is 0. The van der Waals surface area contributed by atoms with E-state index in [1.54, 1.807) is 4.90 Å². The van der Waals surface area contributed by atoms with Gasteiger partial charge in [0.05, 0.1) is 12.2 Å². The number of benzene rings is 1. The van der Waals surface area contributed by atoms with E-state index >= 15 is 0 Å². The predicted octanol–water partition coefficient (Wildman–Crippen LogP) is 2.99. The van der Waals surface area contributed by atoms with Gasteiger partial charge in [0.15, 0.2) is 0 Å². The van der Waals surface area contributed by atoms with E-state index in [4.69, 9.17) is 5.11 Å². The first-order valence-electron chi connectivity index (χ1n) is 6.29. The van der Waals surface area contributed by atoms with E-state index < -0.39 is 12.0 Å². The Labute approximate surface area is 163 Å². The predicted molar refractivity (Wildman–Crippen MR) is 105 cm³/mol. The zero-order chi connectivity index (χ0) is 15.6. The molecule has 1 amide bonds. The summed E-state index contributed by atoms with van der Waals surface area (Å²) in [6.45, 7) is 0.778. The number of carbonyl (C=O) groups is 2. The van der Waals surface area contributed by atoms with Crippen molar-refractivity contribution in [3.8, 4) is 0 Å². The topological polar surface area (TPSA) is 69.6 Å². The zero-order valence-electron chi connectivity index (χ0n) is 10.9. The fourth-order valence-corrected chi connectivity index (χ4v) is 6.17. The van der Waals surface area contributed by atoms with Crippen LogP contribution in [0, 0.1) is 10.7 Å². The minimum Gasteiger partial charge on any atom is -0.480 e. The van der Waals surface area contributed by atoms with E-state index in [1.165, 1.54) is 0 Å². The smallest absolute Gasteiger partial charge is 0.320 e. The number of nitrogens with one attached hydrogen (secondary N) is 1. The third-order valence-corrected chi connectivity index (χ3v) is 5.59. The molecule has 1 aromatic rings. The van der Waals surface area contributed by atoms with Crippen LogP contribution in [0.4, 0.5) is 5.69 Å². The maximum atomic E-state index is 12.2. The normalized spacial score (nSPS) is 18.7. The lowest BCUT2D eigenvalue weighted by Gasteiger charge is -2.20. The molecule has 8 heteroatoms. The van der Waals surface area contributed by atoms with Crippen LogP contribution in [0.25, 0.3) is 0 Å². The first kappa shape index (κ1) is 17.7. The minimum absolute atomic E-state index is 0.120. The van der Waals surface area contributed by atoms with E-state index in [-0.39, 0.29) is 12.5 Å². The Bertz CT molecular complexity index is 557. The molecule has 1 aliphatic rings. The summed E-state index contributed by atoms with van der Waals surface area (Å²) in [6.07, 6.45) is 1.43. The second kappa shape index (κ2) is 7.73. The van der Waals surface area contributed by atoms with E-state index in [0.29, 0.717) is 13.0 Å². The first-order valence-corrected chi connectivity index (χ1v) is 9.53. The molecule has 1 saturated heterocycles. The quantitative estimate of drug-likeness (QED) is 0.505. The Hall–Kier alpha value is 0.310. The summed E-state index contributed by atoms with van der Waals surface area (Å²) in [4.78, 5) is 25.0. The van der Waals surface area contributed by atoms with E-state index in [1.807, 2.05) is 12.1 Å². The van der Waals surface area contributed by atoms with E-state index in [9.17, 15) is 9.59 Å². The first-order chi connectivity index (χ1) is 9.88. The van der Waals surface area contributed by atoms with Gasteiger partial charge in [0, 0.05) is 10.7 Å². The van der Waals surface area contributed by atoms with Gasteiger partial charge in [-0.3, -0.25) is 14.5 Å². The van der Waals surface area contributed by atoms with E-state index in [2.05, 4.69) is 73.1 Å². The molecule has 1 aromatic carbocycles. The van der Waals surface area contributed by atoms with Gasteiger partial charge < -0.3 is 10.4 Å². The van der Waals surface area contributed by atoms with Crippen molar-refractivity contribution in [2.75, 3.05) is 18.4 Å². The zero-order valence-corrected chi connectivity index (χ0v) is 17.4. The molecule has 5 nitrogen and oxygen atoms in total. The monoisotopic (exact) mass is 626 g/mol. The molecule has 0 saturated carbocycles. The fraction of sp³-hybridized carbons (Fsp3) is 0.385. The van der Waals surface area contributed by atoms with Crippen LogP contribution in [0.3, 0.4) is 0 Å². The molecule has 1 aliphatic heterocycles. The Morgan fingerprint density at radius 3 is 2.48 bits per heavy atom. The highest BCUT2D eigenvalue weighted by atomic mass is 127. The van der Waals surface area contributed by atoms with Crippen LogP contribution in [0.1, 0.15) is 12.8 Å². The van der Waals surface area contributed by atoms with Crippen molar-refractivity contribution in [3.63, 3.8) is 0 Å². The number of carboxylic acids is 1. The number of hydrogen-bond donors (Lipinski definition) is 2. The van der Waals surface area contributed by atoms with Crippen molar-refractivity contribution in [2.45, 2.75) is 18.9 Å². The van der Waals surface area contributed by atoms with E-state index in [0.717, 1.165) is 22.8 Å². The number of carbonyl (C=O) groups excluding carboxylic acids is 1. The average molecular weight is 626 g/mol. The molecule has 1 fully saturated rings. The summed E-state index contributed by atoms with van der Waals surface area (Å²) in [5.74, 6) is -1.01. The van der Waals surface area contributed by atoms with Crippen LogP contribution in [0.5, 0.6) is 0 Å². The van der Waals surface area contributed by atoms with Crippen LogP contribution in [0.2, 0.25) is 0 Å². The van der Waals surface area contributed by atoms with Crippen LogP contribution in [-0.2, 0) is 9.59 Å². The fourth-order valence-electron chi connectivity index (χ4n) is 2.32. The number of nitrogens with zero attached hydrogens (tertiary/aromatic N) is 1. The van der Waals surface area contributed by atoms with Gasteiger partial charge in [-0.05, 0) is 99.3 Å². The summed E-state index contributed by atoms with van der Waals surface area (Å²) in [6, 6.07) is 3.45. The molecule has 1 atom stereocenters. The number of halogens is 3. The number of amides is 1. The second-order valence-corrected chi connectivity index (χ2v) is 8.33. The Kier molecular flexibility index (Phi) is 6.50. The lowest BCUT2D eigenvalue weighted by molar-refractivity contribution is -0.142. The van der Waals surface area contributed by atoms with Crippen molar-refractivity contribution in [2.24, 2.45) is 0 Å². The Morgan fingerprint density at radius 2 is 1.90 bits per heavy atom. The maximum Gasteiger partial charge on any atom is 0.320 e. The molecule has 1 heterocycles. The molecule has 0 aromatic heterocycles. The number of hydrogen-bond acceptors (Lipinski definition) is 3. The summed E-state index contributed by atoms with van der Waals surface area (Å²) in [5, 5.41) is 12.0. The van der Waals surface area contributed by atoms with Crippen molar-refractivity contribution < 1.29 is 14.7 Å². The van der Waals surface area contributed by atoms with Gasteiger partial charge in [0.1, 0.15) is 6.04 Å². The summed E-state index contributed by atoms with van der Waals surface area (Å²) < 4.78 is 3.08. The highest BCUT2D eigenvalue weighted by Gasteiger charge is 2.31. The Morgan fingerprint density at radius 1 is 1.29 bits per heavy atom. The SMILES string of the molecule is O=C(CN1CCCC1C(=O)O)Nc1c(I)cc(I)cc1I. The highest BCUT2D eigenvalue weighted by Crippen LogP contribution is 2.27. The lowest BCUT2D eigenvalue weighted by Crippen LogP contribution is -2.41. The average Bonchev–Trinajstić information content (AvgIpc) is 2.82. The number of aliphatic carboxylic acids is 1. The van der Waals surface area contributed by atoms with Crippen LogP contribution >= 0.6 is 67.8 Å². The van der Waals surface area contributed by atoms with Gasteiger partial charge >= 0.3 is 5.97 Å². The minimum atomic E-state index is -0.848. The summed E-state index contributed by atoms with van der Waals surface area (Å²) >= 11 is 6.62. The van der Waals surface area contributed by atoms with Crippen molar-refractivity contribution >= 4 is 85.3 Å². The van der Waals surface area contributed by atoms with Crippen LogP contribution in [-0.4, -0.2) is 41.0 Å². The summed E-state index contributed by atoms with van der Waals surface area (Å²) in [5.41, 5.74) is 0.799. The maximum absolute atomic E-state index is 12.2. The highest BCUT2D eigenvalue weighted by molar-refractivity contribution is 14.1. The van der Waals surface area contributed by atoms with Gasteiger partial charge in [-0.15, -0.1) is 0 Å². The second-order valence-electron chi connectivity index (χ2n) is 4.76. The van der Waals surface area contributed by atoms with Crippen LogP contribution < -0.4 is 5.32 Å². The number of anilines is 1. The molecule has 21 heavy (non-hydrogen) atoms. The van der Waals surface area contributed by atoms with Gasteiger partial charge in [-0.1, -0.05) is 0 Å². The van der Waals surface area contributed by atoms with Crippen molar-refractivity contribution in [1.82, 2.24) is 4.90 Å². The van der Waals surface area contributed by atoms with Crippen LogP contribution in [0.15, 0.2) is 12.1 Å². The molecule has 0 aliphatic carbocycles. The molecular formula is C13H13I3N2O3. The van der Waals surface area contributed by atoms with Gasteiger partial charge in [-0.2, -0.15) is 0 Å². The molecular weight excluding hydrogens is 613 g/mol. The molecule has 1 unspecified atom stereocenters. The lowest BCUT2D eigenvalue weighted by atomic mass is 10.2. The van der Waals surface area contributed by atoms with Gasteiger partial charge in [-0.25, -0.2) is 0 Å². The molecule has 114 valence electrons. The number of rotatable bonds is 4. The molecule has 0 spiro atoms. The third kappa shape index (κ3) is 4.64. The van der Waals surface area contributed by atoms with Gasteiger partial charge in [0.2, 0.25) is 5.91 Å². The number of likely N-dealkylation sites (tertiary alicyclic amines) is 1. The third-order valence-electron chi connectivity index (χ3n) is 3.27. The van der Waals surface area contributed by atoms with Crippen molar-refractivity contribution in [1.29, 1.82) is 0 Å². The number of carboxylic acid groups (broad SMARTS) is 1. The molecule has 0 bridgehead atoms. The molecule has 0 radical (unpaired) electrons. The van der Waals surface area contributed by atoms with Crippen molar-refractivity contribution in [3.05, 3.63) is 22.8 Å². The van der Waals surface area contributed by atoms with Gasteiger partial charge in [0.25, 0.3) is 0 Å². The molecule has 2 N–H and O–H groups in total. The molecule has 2 rings (SSSR count).